The number of hydrogen-bond acceptors (Lipinski definition) is 8. The van der Waals surface area contributed by atoms with E-state index < -0.39 is 0 Å². The maximum absolute atomic E-state index is 11.1. The molecule has 1 aliphatic rings. The summed E-state index contributed by atoms with van der Waals surface area (Å²) in [4.78, 5) is 10.7. The summed E-state index contributed by atoms with van der Waals surface area (Å²) in [6, 6.07) is 11.5. The lowest BCUT2D eigenvalue weighted by Crippen LogP contribution is -2.46. The van der Waals surface area contributed by atoms with Gasteiger partial charge in [-0.1, -0.05) is 23.5 Å². The molecule has 1 atom stereocenters. The maximum atomic E-state index is 11.1. The van der Waals surface area contributed by atoms with Crippen LogP contribution in [0.3, 0.4) is 0 Å². The highest BCUT2D eigenvalue weighted by Gasteiger charge is 2.31. The summed E-state index contributed by atoms with van der Waals surface area (Å²) in [7, 11) is 3.80. The molecule has 0 bridgehead atoms. The molecule has 0 saturated carbocycles. The van der Waals surface area contributed by atoms with Crippen molar-refractivity contribution in [3.05, 3.63) is 53.1 Å². The molecule has 1 N–H and O–H groups in total. The van der Waals surface area contributed by atoms with Gasteiger partial charge >= 0.3 is 0 Å². The summed E-state index contributed by atoms with van der Waals surface area (Å²) in [6.45, 7) is 3.77. The number of aromatic hydroxyl groups is 1. The third-order valence-corrected chi connectivity index (χ3v) is 6.57. The summed E-state index contributed by atoms with van der Waals surface area (Å²) in [6.07, 6.45) is 1.59. The molecule has 1 saturated heterocycles. The Morgan fingerprint density at radius 2 is 2.00 bits per heavy atom. The molecule has 156 valence electrons. The Morgan fingerprint density at radius 1 is 1.17 bits per heavy atom. The lowest BCUT2D eigenvalue weighted by Gasteiger charge is -2.37. The van der Waals surface area contributed by atoms with Crippen molar-refractivity contribution in [1.82, 2.24) is 24.4 Å². The minimum atomic E-state index is -0.102. The van der Waals surface area contributed by atoms with E-state index in [0.717, 1.165) is 42.4 Å². The van der Waals surface area contributed by atoms with Crippen molar-refractivity contribution in [2.45, 2.75) is 6.04 Å². The summed E-state index contributed by atoms with van der Waals surface area (Å²) >= 11 is 1.45. The normalized spacial score (nSPS) is 16.9. The van der Waals surface area contributed by atoms with Crippen LogP contribution >= 0.6 is 11.3 Å². The molecule has 0 unspecified atom stereocenters. The first-order valence-electron chi connectivity index (χ1n) is 9.83. The number of rotatable bonds is 5. The molecule has 1 aliphatic heterocycles. The van der Waals surface area contributed by atoms with Crippen LogP contribution in [0.15, 0.2) is 47.1 Å². The van der Waals surface area contributed by atoms with Gasteiger partial charge in [-0.2, -0.15) is 9.50 Å². The highest BCUT2D eigenvalue weighted by atomic mass is 32.1. The molecular weight excluding hydrogens is 402 g/mol. The molecule has 0 aliphatic carbocycles. The third kappa shape index (κ3) is 3.34. The molecule has 8 nitrogen and oxygen atoms in total. The second kappa shape index (κ2) is 7.75. The Hall–Kier alpha value is -2.88. The van der Waals surface area contributed by atoms with E-state index in [9.17, 15) is 5.11 Å². The van der Waals surface area contributed by atoms with Gasteiger partial charge in [0, 0.05) is 26.2 Å². The topological polar surface area (TPSA) is 79.3 Å². The van der Waals surface area contributed by atoms with Gasteiger partial charge < -0.3 is 19.2 Å². The van der Waals surface area contributed by atoms with E-state index in [4.69, 9.17) is 9.15 Å². The molecule has 9 heteroatoms. The standard InChI is InChI=1S/C21H23N5O3S/c1-24-8-10-25(11-9-24)17(14-5-3-6-15(13-14)28-2)18-20(27)26-21(30-18)22-19(23-26)16-7-4-12-29-16/h3-7,12-13,17,27H,8-11H2,1-2H3/t17-/m0/s1. The van der Waals surface area contributed by atoms with Crippen molar-refractivity contribution in [2.24, 2.45) is 0 Å². The van der Waals surface area contributed by atoms with E-state index in [1.54, 1.807) is 25.5 Å². The molecule has 1 aromatic carbocycles. The van der Waals surface area contributed by atoms with Crippen molar-refractivity contribution in [2.75, 3.05) is 40.3 Å². The van der Waals surface area contributed by atoms with E-state index >= 15 is 0 Å². The number of nitrogens with zero attached hydrogens (tertiary/aromatic N) is 5. The lowest BCUT2D eigenvalue weighted by atomic mass is 10.0. The molecule has 4 aromatic rings. The molecule has 0 spiro atoms. The fourth-order valence-electron chi connectivity index (χ4n) is 3.86. The number of benzene rings is 1. The zero-order chi connectivity index (χ0) is 20.7. The monoisotopic (exact) mass is 425 g/mol. The number of hydrogen-bond donors (Lipinski definition) is 1. The van der Waals surface area contributed by atoms with Gasteiger partial charge in [-0.05, 0) is 36.9 Å². The summed E-state index contributed by atoms with van der Waals surface area (Å²) in [5.74, 6) is 1.96. The second-order valence-electron chi connectivity index (χ2n) is 7.42. The van der Waals surface area contributed by atoms with E-state index in [2.05, 4.69) is 33.0 Å². The number of aromatic nitrogens is 3. The van der Waals surface area contributed by atoms with Crippen molar-refractivity contribution < 1.29 is 14.3 Å². The van der Waals surface area contributed by atoms with Crippen LogP contribution in [0.1, 0.15) is 16.5 Å². The van der Waals surface area contributed by atoms with Gasteiger partial charge in [0.1, 0.15) is 5.75 Å². The van der Waals surface area contributed by atoms with Crippen molar-refractivity contribution in [1.29, 1.82) is 0 Å². The average Bonchev–Trinajstić information content (AvgIpc) is 3.49. The molecule has 3 aromatic heterocycles. The van der Waals surface area contributed by atoms with Crippen LogP contribution in [0.2, 0.25) is 0 Å². The number of furan rings is 1. The Kier molecular flexibility index (Phi) is 4.93. The predicted molar refractivity (Wildman–Crippen MR) is 114 cm³/mol. The fourth-order valence-corrected chi connectivity index (χ4v) is 4.98. The average molecular weight is 426 g/mol. The number of fused-ring (bicyclic) bond motifs is 1. The predicted octanol–water partition coefficient (Wildman–Crippen LogP) is 3.10. The number of likely N-dealkylation sites (N-methyl/N-ethyl adjacent to an activating group) is 1. The first-order chi connectivity index (χ1) is 14.6. The highest BCUT2D eigenvalue weighted by Crippen LogP contribution is 2.41. The van der Waals surface area contributed by atoms with Crippen molar-refractivity contribution >= 4 is 16.3 Å². The van der Waals surface area contributed by atoms with Gasteiger partial charge in [0.2, 0.25) is 16.7 Å². The van der Waals surface area contributed by atoms with Crippen molar-refractivity contribution in [3.63, 3.8) is 0 Å². The molecule has 4 heterocycles. The van der Waals surface area contributed by atoms with Crippen LogP contribution in [-0.4, -0.2) is 69.8 Å². The Bertz CT molecular complexity index is 1150. The number of ether oxygens (including phenoxy) is 1. The zero-order valence-corrected chi connectivity index (χ0v) is 17.7. The van der Waals surface area contributed by atoms with Crippen LogP contribution in [-0.2, 0) is 0 Å². The molecule has 5 rings (SSSR count). The zero-order valence-electron chi connectivity index (χ0n) is 16.9. The quantitative estimate of drug-likeness (QED) is 0.526. The largest absolute Gasteiger partial charge is 0.497 e. The lowest BCUT2D eigenvalue weighted by molar-refractivity contribution is 0.127. The minimum Gasteiger partial charge on any atom is -0.497 e. The summed E-state index contributed by atoms with van der Waals surface area (Å²) in [5, 5.41) is 15.6. The molecule has 30 heavy (non-hydrogen) atoms. The number of thiazole rings is 1. The van der Waals surface area contributed by atoms with Crippen LogP contribution in [0, 0.1) is 0 Å². The van der Waals surface area contributed by atoms with Crippen LogP contribution in [0.4, 0.5) is 0 Å². The highest BCUT2D eigenvalue weighted by molar-refractivity contribution is 7.17. The summed E-state index contributed by atoms with van der Waals surface area (Å²) < 4.78 is 12.3. The van der Waals surface area contributed by atoms with Gasteiger partial charge in [0.15, 0.2) is 5.76 Å². The van der Waals surface area contributed by atoms with Crippen LogP contribution < -0.4 is 4.74 Å². The van der Waals surface area contributed by atoms with Crippen LogP contribution in [0.25, 0.3) is 16.5 Å². The SMILES string of the molecule is COc1cccc([C@@H](c2sc3nc(-c4ccco4)nn3c2O)N2CCN(C)CC2)c1. The molecular formula is C21H23N5O3S. The second-order valence-corrected chi connectivity index (χ2v) is 8.42. The number of methoxy groups -OCH3 is 1. The first kappa shape index (κ1) is 19.1. The maximum Gasteiger partial charge on any atom is 0.230 e. The molecule has 0 radical (unpaired) electrons. The molecule has 1 fully saturated rings. The molecule has 0 amide bonds. The van der Waals surface area contributed by atoms with Gasteiger partial charge in [-0.15, -0.1) is 5.10 Å². The Labute approximate surface area is 177 Å². The van der Waals surface area contributed by atoms with Gasteiger partial charge in [-0.3, -0.25) is 4.90 Å². The minimum absolute atomic E-state index is 0.102. The first-order valence-corrected chi connectivity index (χ1v) is 10.6. The Morgan fingerprint density at radius 3 is 2.70 bits per heavy atom. The van der Waals surface area contributed by atoms with Gasteiger partial charge in [0.05, 0.1) is 24.3 Å². The third-order valence-electron chi connectivity index (χ3n) is 5.50. The van der Waals surface area contributed by atoms with E-state index in [-0.39, 0.29) is 11.9 Å². The van der Waals surface area contributed by atoms with Crippen LogP contribution in [0.5, 0.6) is 11.6 Å². The van der Waals surface area contributed by atoms with Gasteiger partial charge in [0.25, 0.3) is 0 Å². The van der Waals surface area contributed by atoms with Crippen molar-refractivity contribution in [3.8, 4) is 23.2 Å². The van der Waals surface area contributed by atoms with E-state index in [1.807, 2.05) is 18.2 Å². The smallest absolute Gasteiger partial charge is 0.230 e. The summed E-state index contributed by atoms with van der Waals surface area (Å²) in [5.41, 5.74) is 1.07. The number of piperazine rings is 1. The Balaban J connectivity index is 1.58. The van der Waals surface area contributed by atoms with E-state index in [0.29, 0.717) is 16.5 Å². The fraction of sp³-hybridized carbons (Fsp3) is 0.333. The van der Waals surface area contributed by atoms with Gasteiger partial charge in [-0.25, -0.2) is 0 Å². The van der Waals surface area contributed by atoms with E-state index in [1.165, 1.54) is 15.9 Å².